The minimum Gasteiger partial charge on any atom is -0.481 e. The molecule has 0 aliphatic heterocycles. The lowest BCUT2D eigenvalue weighted by molar-refractivity contribution is 0.282. The molecule has 26 heavy (non-hydrogen) atoms. The third-order valence-corrected chi connectivity index (χ3v) is 3.87. The van der Waals surface area contributed by atoms with Gasteiger partial charge in [-0.1, -0.05) is 12.1 Å². The molecule has 0 aliphatic rings. The molecule has 0 radical (unpaired) electrons. The van der Waals surface area contributed by atoms with Crippen LogP contribution in [0.15, 0.2) is 55.0 Å². The Balaban J connectivity index is 1.68. The van der Waals surface area contributed by atoms with Gasteiger partial charge in [-0.25, -0.2) is 9.50 Å². The summed E-state index contributed by atoms with van der Waals surface area (Å²) in [5, 5.41) is 16.7. The van der Waals surface area contributed by atoms with Gasteiger partial charge in [-0.15, -0.1) is 5.10 Å². The first kappa shape index (κ1) is 16.0. The van der Waals surface area contributed by atoms with Crippen LogP contribution in [-0.4, -0.2) is 36.8 Å². The molecule has 0 bridgehead atoms. The molecule has 0 unspecified atom stereocenters. The molecule has 0 aliphatic carbocycles. The van der Waals surface area contributed by atoms with Crippen molar-refractivity contribution in [2.75, 3.05) is 12.4 Å². The average Bonchev–Trinajstić information content (AvgIpc) is 3.11. The summed E-state index contributed by atoms with van der Waals surface area (Å²) in [5.41, 5.74) is 3.80. The van der Waals surface area contributed by atoms with Crippen LogP contribution in [0.4, 0.5) is 11.6 Å². The number of anilines is 2. The molecule has 4 rings (SSSR count). The first-order valence-electron chi connectivity index (χ1n) is 7.95. The molecule has 3 aromatic heterocycles. The van der Waals surface area contributed by atoms with Crippen LogP contribution in [0.2, 0.25) is 0 Å². The Hall–Kier alpha value is -3.52. The molecule has 4 aromatic rings. The Morgan fingerprint density at radius 1 is 1.12 bits per heavy atom. The van der Waals surface area contributed by atoms with Crippen molar-refractivity contribution in [2.45, 2.75) is 6.61 Å². The van der Waals surface area contributed by atoms with E-state index in [1.165, 1.54) is 0 Å². The van der Waals surface area contributed by atoms with E-state index >= 15 is 0 Å². The number of pyridine rings is 1. The van der Waals surface area contributed by atoms with Gasteiger partial charge in [0.05, 0.1) is 13.7 Å². The Bertz CT molecular complexity index is 1030. The maximum Gasteiger partial charge on any atom is 0.247 e. The van der Waals surface area contributed by atoms with Crippen molar-refractivity contribution < 1.29 is 9.84 Å². The minimum atomic E-state index is 0.0117. The van der Waals surface area contributed by atoms with E-state index in [4.69, 9.17) is 9.84 Å². The number of ether oxygens (including phenoxy) is 1. The molecule has 2 N–H and O–H groups in total. The van der Waals surface area contributed by atoms with Crippen LogP contribution in [0.1, 0.15) is 5.56 Å². The van der Waals surface area contributed by atoms with Crippen molar-refractivity contribution >= 4 is 17.3 Å². The molecule has 130 valence electrons. The fourth-order valence-electron chi connectivity index (χ4n) is 2.54. The fraction of sp³-hybridized carbons (Fsp3) is 0.111. The largest absolute Gasteiger partial charge is 0.481 e. The predicted molar refractivity (Wildman–Crippen MR) is 96.2 cm³/mol. The number of benzene rings is 1. The van der Waals surface area contributed by atoms with E-state index in [0.717, 1.165) is 16.8 Å². The fourth-order valence-corrected chi connectivity index (χ4v) is 2.54. The number of methoxy groups -OCH3 is 1. The number of fused-ring (bicyclic) bond motifs is 1. The third-order valence-electron chi connectivity index (χ3n) is 3.87. The van der Waals surface area contributed by atoms with Gasteiger partial charge in [0.2, 0.25) is 11.8 Å². The van der Waals surface area contributed by atoms with Crippen molar-refractivity contribution in [2.24, 2.45) is 0 Å². The second kappa shape index (κ2) is 6.77. The number of hydrogen-bond acceptors (Lipinski definition) is 7. The standard InChI is InChI=1S/C18H16N6O2/c1-26-15-7-4-13(10-20-15)16-17-22-18(23-24(17)9-8-19-16)21-14-5-2-12(11-25)3-6-14/h2-10,25H,11H2,1H3,(H,21,23). The maximum atomic E-state index is 9.12. The highest BCUT2D eigenvalue weighted by Gasteiger charge is 2.12. The second-order valence-corrected chi connectivity index (χ2v) is 5.55. The molecule has 0 amide bonds. The first-order valence-corrected chi connectivity index (χ1v) is 7.95. The number of hydrogen-bond donors (Lipinski definition) is 2. The first-order chi connectivity index (χ1) is 12.8. The molecule has 0 atom stereocenters. The van der Waals surface area contributed by atoms with Gasteiger partial charge in [-0.2, -0.15) is 4.98 Å². The van der Waals surface area contributed by atoms with E-state index in [9.17, 15) is 0 Å². The van der Waals surface area contributed by atoms with Gasteiger partial charge in [0.1, 0.15) is 5.69 Å². The van der Waals surface area contributed by atoms with Gasteiger partial charge in [0.15, 0.2) is 5.65 Å². The van der Waals surface area contributed by atoms with Crippen LogP contribution < -0.4 is 10.1 Å². The number of rotatable bonds is 5. The molecular formula is C18H16N6O2. The lowest BCUT2D eigenvalue weighted by Crippen LogP contribution is -1.94. The zero-order chi connectivity index (χ0) is 17.9. The monoisotopic (exact) mass is 348 g/mol. The lowest BCUT2D eigenvalue weighted by atomic mass is 10.2. The van der Waals surface area contributed by atoms with Crippen LogP contribution in [-0.2, 0) is 6.61 Å². The van der Waals surface area contributed by atoms with Crippen LogP contribution in [0.3, 0.4) is 0 Å². The number of aliphatic hydroxyl groups excluding tert-OH is 1. The summed E-state index contributed by atoms with van der Waals surface area (Å²) in [4.78, 5) is 13.2. The molecule has 1 aromatic carbocycles. The van der Waals surface area contributed by atoms with Crippen molar-refractivity contribution in [3.63, 3.8) is 0 Å². The molecular weight excluding hydrogens is 332 g/mol. The molecule has 0 saturated carbocycles. The van der Waals surface area contributed by atoms with E-state index in [0.29, 0.717) is 23.2 Å². The summed E-state index contributed by atoms with van der Waals surface area (Å²) in [5.74, 6) is 0.994. The molecule has 8 heteroatoms. The number of aromatic nitrogens is 5. The number of nitrogens with one attached hydrogen (secondary N) is 1. The predicted octanol–water partition coefficient (Wildman–Crippen LogP) is 2.43. The summed E-state index contributed by atoms with van der Waals surface area (Å²) in [6, 6.07) is 11.1. The highest BCUT2D eigenvalue weighted by atomic mass is 16.5. The third kappa shape index (κ3) is 3.05. The topological polar surface area (TPSA) is 97.5 Å². The maximum absolute atomic E-state index is 9.12. The second-order valence-electron chi connectivity index (χ2n) is 5.55. The van der Waals surface area contributed by atoms with E-state index in [1.807, 2.05) is 30.3 Å². The van der Waals surface area contributed by atoms with E-state index < -0.39 is 0 Å². The Kier molecular flexibility index (Phi) is 4.16. The van der Waals surface area contributed by atoms with Gasteiger partial charge in [0.25, 0.3) is 0 Å². The molecule has 8 nitrogen and oxygen atoms in total. The molecule has 0 spiro atoms. The van der Waals surface area contributed by atoms with Crippen LogP contribution >= 0.6 is 0 Å². The lowest BCUT2D eigenvalue weighted by Gasteiger charge is -2.02. The van der Waals surface area contributed by atoms with Crippen molar-refractivity contribution in [3.05, 3.63) is 60.6 Å². The number of nitrogens with zero attached hydrogens (tertiary/aromatic N) is 5. The van der Waals surface area contributed by atoms with Crippen molar-refractivity contribution in [3.8, 4) is 17.1 Å². The number of aliphatic hydroxyl groups is 1. The van der Waals surface area contributed by atoms with Gasteiger partial charge < -0.3 is 15.2 Å². The summed E-state index contributed by atoms with van der Waals surface area (Å²) < 4.78 is 6.75. The van der Waals surface area contributed by atoms with Gasteiger partial charge in [-0.05, 0) is 23.8 Å². The van der Waals surface area contributed by atoms with Crippen LogP contribution in [0, 0.1) is 0 Å². The van der Waals surface area contributed by atoms with Crippen molar-refractivity contribution in [1.29, 1.82) is 0 Å². The summed E-state index contributed by atoms with van der Waals surface area (Å²) >= 11 is 0. The highest BCUT2D eigenvalue weighted by molar-refractivity contribution is 5.74. The van der Waals surface area contributed by atoms with Gasteiger partial charge in [-0.3, -0.25) is 4.98 Å². The Morgan fingerprint density at radius 3 is 2.65 bits per heavy atom. The smallest absolute Gasteiger partial charge is 0.247 e. The van der Waals surface area contributed by atoms with E-state index in [-0.39, 0.29) is 6.61 Å². The van der Waals surface area contributed by atoms with Crippen molar-refractivity contribution in [1.82, 2.24) is 24.6 Å². The van der Waals surface area contributed by atoms with Gasteiger partial charge in [0, 0.05) is 35.9 Å². The Labute approximate surface area is 149 Å². The minimum absolute atomic E-state index is 0.0117. The Morgan fingerprint density at radius 2 is 1.96 bits per heavy atom. The summed E-state index contributed by atoms with van der Waals surface area (Å²) in [7, 11) is 1.57. The van der Waals surface area contributed by atoms with Gasteiger partial charge >= 0.3 is 0 Å². The highest BCUT2D eigenvalue weighted by Crippen LogP contribution is 2.23. The van der Waals surface area contributed by atoms with Crippen LogP contribution in [0.25, 0.3) is 16.9 Å². The normalized spacial score (nSPS) is 10.8. The van der Waals surface area contributed by atoms with E-state index in [2.05, 4.69) is 25.4 Å². The molecule has 0 saturated heterocycles. The van der Waals surface area contributed by atoms with Crippen LogP contribution in [0.5, 0.6) is 5.88 Å². The molecule has 0 fully saturated rings. The summed E-state index contributed by atoms with van der Waals surface area (Å²) in [6.45, 7) is 0.0117. The zero-order valence-corrected chi connectivity index (χ0v) is 14.0. The summed E-state index contributed by atoms with van der Waals surface area (Å²) in [6.07, 6.45) is 5.10. The SMILES string of the molecule is COc1ccc(-c2nccn3nc(Nc4ccc(CO)cc4)nc23)cn1. The molecule has 3 heterocycles. The average molecular weight is 348 g/mol. The zero-order valence-electron chi connectivity index (χ0n) is 14.0. The quantitative estimate of drug-likeness (QED) is 0.571. The van der Waals surface area contributed by atoms with E-state index in [1.54, 1.807) is 36.3 Å².